The largest absolute Gasteiger partial charge is 0.355 e. The summed E-state index contributed by atoms with van der Waals surface area (Å²) in [5, 5.41) is 12.8. The van der Waals surface area contributed by atoms with E-state index in [1.807, 2.05) is 19.1 Å². The van der Waals surface area contributed by atoms with Gasteiger partial charge in [0, 0.05) is 36.8 Å². The topological polar surface area (TPSA) is 88.0 Å². The van der Waals surface area contributed by atoms with Crippen LogP contribution in [0.1, 0.15) is 12.6 Å². The lowest BCUT2D eigenvalue weighted by molar-refractivity contribution is -0.118. The Bertz CT molecular complexity index is 714. The number of rotatable bonds is 5. The van der Waals surface area contributed by atoms with Crippen LogP contribution in [-0.2, 0) is 4.79 Å². The van der Waals surface area contributed by atoms with Crippen molar-refractivity contribution in [1.82, 2.24) is 20.4 Å². The van der Waals surface area contributed by atoms with Gasteiger partial charge in [-0.15, -0.1) is 5.10 Å². The van der Waals surface area contributed by atoms with E-state index in [-0.39, 0.29) is 11.9 Å². The van der Waals surface area contributed by atoms with Crippen molar-refractivity contribution in [1.29, 1.82) is 0 Å². The highest BCUT2D eigenvalue weighted by Gasteiger charge is 2.09. The van der Waals surface area contributed by atoms with E-state index in [0.29, 0.717) is 23.9 Å². The van der Waals surface area contributed by atoms with Gasteiger partial charge in [-0.2, -0.15) is 0 Å². The van der Waals surface area contributed by atoms with E-state index >= 15 is 0 Å². The first kappa shape index (κ1) is 16.8. The maximum Gasteiger partial charge on any atom is 0.320 e. The molecule has 3 amide bonds. The van der Waals surface area contributed by atoms with Crippen LogP contribution in [0.3, 0.4) is 0 Å². The number of nitrogens with one attached hydrogen (secondary N) is 3. The Balaban J connectivity index is 1.95. The van der Waals surface area contributed by atoms with E-state index in [1.165, 1.54) is 6.92 Å². The Morgan fingerprint density at radius 3 is 2.65 bits per heavy atom. The summed E-state index contributed by atoms with van der Waals surface area (Å²) in [4.78, 5) is 22.5. The summed E-state index contributed by atoms with van der Waals surface area (Å²) in [7, 11) is 0. The summed E-state index contributed by atoms with van der Waals surface area (Å²) in [6, 6.07) is 8.66. The minimum absolute atomic E-state index is 0.136. The lowest BCUT2D eigenvalue weighted by Gasteiger charge is -2.06. The zero-order valence-electron chi connectivity index (χ0n) is 12.9. The summed E-state index contributed by atoms with van der Waals surface area (Å²) < 4.78 is 1.69. The second kappa shape index (κ2) is 7.64. The Morgan fingerprint density at radius 1 is 1.22 bits per heavy atom. The number of halogens is 1. The molecule has 2 rings (SSSR count). The van der Waals surface area contributed by atoms with Crippen molar-refractivity contribution in [3.8, 4) is 5.69 Å². The number of nitrogens with zero attached hydrogens (tertiary/aromatic N) is 2. The van der Waals surface area contributed by atoms with Gasteiger partial charge in [-0.1, -0.05) is 17.7 Å². The minimum atomic E-state index is -0.383. The van der Waals surface area contributed by atoms with Crippen molar-refractivity contribution < 1.29 is 9.59 Å². The number of carbonyl (C=O) groups excluding carboxylic acids is 2. The third-order valence-corrected chi connectivity index (χ3v) is 3.20. The molecule has 122 valence electrons. The minimum Gasteiger partial charge on any atom is -0.355 e. The van der Waals surface area contributed by atoms with Gasteiger partial charge in [-0.05, 0) is 25.1 Å². The molecule has 3 N–H and O–H groups in total. The van der Waals surface area contributed by atoms with Crippen LogP contribution >= 0.6 is 11.6 Å². The Morgan fingerprint density at radius 2 is 1.96 bits per heavy atom. The quantitative estimate of drug-likeness (QED) is 0.731. The maximum atomic E-state index is 11.8. The molecule has 0 fully saturated rings. The molecule has 0 spiro atoms. The normalized spacial score (nSPS) is 10.2. The first-order chi connectivity index (χ1) is 11.0. The highest BCUT2D eigenvalue weighted by Crippen LogP contribution is 2.18. The van der Waals surface area contributed by atoms with E-state index in [1.54, 1.807) is 22.9 Å². The molecule has 0 saturated carbocycles. The molecule has 23 heavy (non-hydrogen) atoms. The Hall–Kier alpha value is -2.54. The van der Waals surface area contributed by atoms with E-state index in [0.717, 1.165) is 11.4 Å². The molecule has 0 saturated heterocycles. The molecule has 0 aliphatic heterocycles. The first-order valence-electron chi connectivity index (χ1n) is 7.07. The van der Waals surface area contributed by atoms with Gasteiger partial charge in [0.2, 0.25) is 5.91 Å². The highest BCUT2D eigenvalue weighted by atomic mass is 35.5. The summed E-state index contributed by atoms with van der Waals surface area (Å²) in [5.41, 5.74) is 1.68. The number of hydrogen-bond donors (Lipinski definition) is 3. The van der Waals surface area contributed by atoms with Crippen molar-refractivity contribution >= 4 is 29.4 Å². The average molecular weight is 336 g/mol. The monoisotopic (exact) mass is 335 g/mol. The lowest BCUT2D eigenvalue weighted by Crippen LogP contribution is -2.36. The van der Waals surface area contributed by atoms with Gasteiger partial charge in [0.05, 0.1) is 5.69 Å². The Labute approximate surface area is 139 Å². The number of hydrogen-bond acceptors (Lipinski definition) is 3. The molecule has 8 heteroatoms. The standard InChI is InChI=1S/C15H18ClN5O2/c1-10-8-14(19-15(23)18-7-6-17-11(2)22)20-21(10)13-5-3-4-12(16)9-13/h3-5,8-9H,6-7H2,1-2H3,(H,17,22)(H2,18,19,20,23). The van der Waals surface area contributed by atoms with Crippen molar-refractivity contribution in [2.24, 2.45) is 0 Å². The van der Waals surface area contributed by atoms with Crippen LogP contribution in [0.15, 0.2) is 30.3 Å². The highest BCUT2D eigenvalue weighted by molar-refractivity contribution is 6.30. The number of carbonyl (C=O) groups is 2. The zero-order valence-corrected chi connectivity index (χ0v) is 13.6. The zero-order chi connectivity index (χ0) is 16.8. The molecule has 1 aromatic carbocycles. The summed E-state index contributed by atoms with van der Waals surface area (Å²) in [6.07, 6.45) is 0. The van der Waals surface area contributed by atoms with Crippen molar-refractivity contribution in [2.75, 3.05) is 18.4 Å². The molecule has 2 aromatic rings. The molecule has 7 nitrogen and oxygen atoms in total. The first-order valence-corrected chi connectivity index (χ1v) is 7.45. The maximum absolute atomic E-state index is 11.8. The van der Waals surface area contributed by atoms with Gasteiger partial charge in [-0.3, -0.25) is 10.1 Å². The molecule has 0 aliphatic rings. The molecule has 0 bridgehead atoms. The van der Waals surface area contributed by atoms with Crippen molar-refractivity contribution in [3.63, 3.8) is 0 Å². The number of benzene rings is 1. The predicted molar refractivity (Wildman–Crippen MR) is 89.0 cm³/mol. The summed E-state index contributed by atoms with van der Waals surface area (Å²) in [5.74, 6) is 0.294. The fraction of sp³-hybridized carbons (Fsp3) is 0.267. The smallest absolute Gasteiger partial charge is 0.320 e. The Kier molecular flexibility index (Phi) is 5.59. The van der Waals surface area contributed by atoms with Crippen molar-refractivity contribution in [2.45, 2.75) is 13.8 Å². The van der Waals surface area contributed by atoms with Crippen LogP contribution in [-0.4, -0.2) is 34.8 Å². The molecule has 0 radical (unpaired) electrons. The third-order valence-electron chi connectivity index (χ3n) is 2.97. The van der Waals surface area contributed by atoms with E-state index < -0.39 is 0 Å². The van der Waals surface area contributed by atoms with Gasteiger partial charge in [0.1, 0.15) is 0 Å². The molecule has 0 unspecified atom stereocenters. The fourth-order valence-corrected chi connectivity index (χ4v) is 2.16. The SMILES string of the molecule is CC(=O)NCCNC(=O)Nc1cc(C)n(-c2cccc(Cl)c2)n1. The van der Waals surface area contributed by atoms with Gasteiger partial charge in [-0.25, -0.2) is 9.48 Å². The number of urea groups is 1. The van der Waals surface area contributed by atoms with Crippen LogP contribution in [0, 0.1) is 6.92 Å². The van der Waals surface area contributed by atoms with Crippen molar-refractivity contribution in [3.05, 3.63) is 41.0 Å². The number of aryl methyl sites for hydroxylation is 1. The molecule has 1 heterocycles. The van der Waals surface area contributed by atoms with Gasteiger partial charge >= 0.3 is 6.03 Å². The summed E-state index contributed by atoms with van der Waals surface area (Å²) >= 11 is 5.98. The van der Waals surface area contributed by atoms with Gasteiger partial charge in [0.25, 0.3) is 0 Å². The van der Waals surface area contributed by atoms with Crippen LogP contribution < -0.4 is 16.0 Å². The second-order valence-corrected chi connectivity index (χ2v) is 5.36. The number of amides is 3. The van der Waals surface area contributed by atoms with Gasteiger partial charge < -0.3 is 10.6 Å². The van der Waals surface area contributed by atoms with E-state index in [4.69, 9.17) is 11.6 Å². The average Bonchev–Trinajstić information content (AvgIpc) is 2.84. The predicted octanol–water partition coefficient (Wildman–Crippen LogP) is 2.09. The fourth-order valence-electron chi connectivity index (χ4n) is 1.98. The lowest BCUT2D eigenvalue weighted by atomic mass is 10.3. The molecular weight excluding hydrogens is 318 g/mol. The van der Waals surface area contributed by atoms with Crippen LogP contribution in [0.2, 0.25) is 5.02 Å². The number of anilines is 1. The van der Waals surface area contributed by atoms with Gasteiger partial charge in [0.15, 0.2) is 5.82 Å². The van der Waals surface area contributed by atoms with Crippen LogP contribution in [0.4, 0.5) is 10.6 Å². The summed E-state index contributed by atoms with van der Waals surface area (Å²) in [6.45, 7) is 4.01. The molecule has 1 aromatic heterocycles. The molecule has 0 aliphatic carbocycles. The van der Waals surface area contributed by atoms with E-state index in [2.05, 4.69) is 21.0 Å². The van der Waals surface area contributed by atoms with Crippen LogP contribution in [0.25, 0.3) is 5.69 Å². The molecular formula is C15H18ClN5O2. The second-order valence-electron chi connectivity index (χ2n) is 4.93. The number of aromatic nitrogens is 2. The van der Waals surface area contributed by atoms with E-state index in [9.17, 15) is 9.59 Å². The molecule has 0 atom stereocenters. The van der Waals surface area contributed by atoms with Crippen LogP contribution in [0.5, 0.6) is 0 Å². The third kappa shape index (κ3) is 5.00.